The number of amides is 2. The van der Waals surface area contributed by atoms with Gasteiger partial charge in [-0.3, -0.25) is 14.6 Å². The molecule has 0 bridgehead atoms. The minimum absolute atomic E-state index is 0.111. The monoisotopic (exact) mass is 363 g/mol. The first-order valence-corrected chi connectivity index (χ1v) is 8.34. The van der Waals surface area contributed by atoms with Crippen LogP contribution >= 0.6 is 0 Å². The van der Waals surface area contributed by atoms with Crippen molar-refractivity contribution in [2.24, 2.45) is 0 Å². The summed E-state index contributed by atoms with van der Waals surface area (Å²) in [5.74, 6) is -1.32. The number of rotatable bonds is 4. The van der Waals surface area contributed by atoms with Crippen LogP contribution < -0.4 is 10.6 Å². The highest BCUT2D eigenvalue weighted by molar-refractivity contribution is 6.07. The van der Waals surface area contributed by atoms with Gasteiger partial charge in [-0.2, -0.15) is 0 Å². The minimum Gasteiger partial charge on any atom is -0.322 e. The third kappa shape index (κ3) is 4.55. The van der Waals surface area contributed by atoms with E-state index in [0.717, 1.165) is 11.1 Å². The molecule has 3 rings (SSSR count). The van der Waals surface area contributed by atoms with Crippen LogP contribution in [0, 0.1) is 19.7 Å². The van der Waals surface area contributed by atoms with Gasteiger partial charge in [-0.25, -0.2) is 4.39 Å². The van der Waals surface area contributed by atoms with Gasteiger partial charge < -0.3 is 10.6 Å². The number of halogens is 1. The molecule has 2 aromatic carbocycles. The first-order chi connectivity index (χ1) is 12.9. The summed E-state index contributed by atoms with van der Waals surface area (Å²) >= 11 is 0. The largest absolute Gasteiger partial charge is 0.322 e. The van der Waals surface area contributed by atoms with E-state index in [1.54, 1.807) is 12.1 Å². The van der Waals surface area contributed by atoms with Gasteiger partial charge in [-0.15, -0.1) is 0 Å². The van der Waals surface area contributed by atoms with E-state index in [1.807, 2.05) is 26.0 Å². The van der Waals surface area contributed by atoms with Crippen molar-refractivity contribution in [3.05, 3.63) is 89.0 Å². The van der Waals surface area contributed by atoms with Crippen LogP contribution in [-0.4, -0.2) is 16.8 Å². The van der Waals surface area contributed by atoms with Gasteiger partial charge in [0.25, 0.3) is 11.8 Å². The highest BCUT2D eigenvalue weighted by Crippen LogP contribution is 2.16. The maximum atomic E-state index is 13.2. The second-order valence-electron chi connectivity index (χ2n) is 6.15. The maximum Gasteiger partial charge on any atom is 0.274 e. The highest BCUT2D eigenvalue weighted by atomic mass is 19.1. The van der Waals surface area contributed by atoms with Crippen molar-refractivity contribution in [3.63, 3.8) is 0 Å². The summed E-state index contributed by atoms with van der Waals surface area (Å²) in [6, 6.07) is 14.1. The van der Waals surface area contributed by atoms with Gasteiger partial charge in [0.2, 0.25) is 0 Å². The SMILES string of the molecule is Cc1ccc(NC(=O)c2cc(C(=O)Nc3cccc(F)c3)ccn2)cc1C. The van der Waals surface area contributed by atoms with Crippen molar-refractivity contribution in [2.75, 3.05) is 10.6 Å². The van der Waals surface area contributed by atoms with Crippen molar-refractivity contribution in [3.8, 4) is 0 Å². The van der Waals surface area contributed by atoms with Crippen molar-refractivity contribution in [1.29, 1.82) is 0 Å². The fraction of sp³-hybridized carbons (Fsp3) is 0.0952. The second kappa shape index (κ2) is 7.78. The van der Waals surface area contributed by atoms with Crippen LogP contribution in [0.15, 0.2) is 60.8 Å². The van der Waals surface area contributed by atoms with Gasteiger partial charge in [0.1, 0.15) is 11.5 Å². The van der Waals surface area contributed by atoms with Gasteiger partial charge in [-0.05, 0) is 67.4 Å². The lowest BCUT2D eigenvalue weighted by molar-refractivity contribution is 0.102. The summed E-state index contributed by atoms with van der Waals surface area (Å²) in [5.41, 5.74) is 3.53. The lowest BCUT2D eigenvalue weighted by Gasteiger charge is -2.09. The molecule has 5 nitrogen and oxygen atoms in total. The Kier molecular flexibility index (Phi) is 5.26. The molecule has 0 radical (unpaired) electrons. The van der Waals surface area contributed by atoms with Crippen LogP contribution in [0.3, 0.4) is 0 Å². The molecule has 1 heterocycles. The summed E-state index contributed by atoms with van der Waals surface area (Å²) in [4.78, 5) is 28.8. The van der Waals surface area contributed by atoms with Gasteiger partial charge in [0.15, 0.2) is 0 Å². The molecule has 0 unspecified atom stereocenters. The van der Waals surface area contributed by atoms with Gasteiger partial charge >= 0.3 is 0 Å². The van der Waals surface area contributed by atoms with Crippen molar-refractivity contribution < 1.29 is 14.0 Å². The molecule has 0 atom stereocenters. The Morgan fingerprint density at radius 3 is 2.33 bits per heavy atom. The van der Waals surface area contributed by atoms with Crippen molar-refractivity contribution in [1.82, 2.24) is 4.98 Å². The van der Waals surface area contributed by atoms with E-state index in [2.05, 4.69) is 15.6 Å². The fourth-order valence-electron chi connectivity index (χ4n) is 2.48. The molecule has 0 aliphatic heterocycles. The summed E-state index contributed by atoms with van der Waals surface area (Å²) in [7, 11) is 0. The van der Waals surface area contributed by atoms with Crippen LogP contribution in [0.5, 0.6) is 0 Å². The van der Waals surface area contributed by atoms with Crippen LogP contribution in [0.2, 0.25) is 0 Å². The third-order valence-corrected chi connectivity index (χ3v) is 4.10. The summed E-state index contributed by atoms with van der Waals surface area (Å²) in [5, 5.41) is 5.36. The van der Waals surface area contributed by atoms with E-state index in [4.69, 9.17) is 0 Å². The molecule has 0 saturated carbocycles. The third-order valence-electron chi connectivity index (χ3n) is 4.10. The molecule has 0 aliphatic rings. The molecule has 0 aliphatic carbocycles. The standard InChI is InChI=1S/C21H18FN3O2/c1-13-6-7-18(10-14(13)2)25-21(27)19-11-15(8-9-23-19)20(26)24-17-5-3-4-16(22)12-17/h3-12H,1-2H3,(H,24,26)(H,25,27). The Morgan fingerprint density at radius 1 is 0.852 bits per heavy atom. The van der Waals surface area contributed by atoms with Crippen LogP contribution in [0.1, 0.15) is 32.0 Å². The lowest BCUT2D eigenvalue weighted by Crippen LogP contribution is -2.17. The van der Waals surface area contributed by atoms with Crippen LogP contribution in [0.25, 0.3) is 0 Å². The zero-order chi connectivity index (χ0) is 19.4. The van der Waals surface area contributed by atoms with E-state index < -0.39 is 17.6 Å². The zero-order valence-electron chi connectivity index (χ0n) is 14.9. The Labute approximate surface area is 156 Å². The Bertz CT molecular complexity index is 1020. The van der Waals surface area contributed by atoms with Gasteiger partial charge in [-0.1, -0.05) is 12.1 Å². The number of pyridine rings is 1. The summed E-state index contributed by atoms with van der Waals surface area (Å²) < 4.78 is 13.2. The number of hydrogen-bond acceptors (Lipinski definition) is 3. The smallest absolute Gasteiger partial charge is 0.274 e. The Balaban J connectivity index is 1.75. The zero-order valence-corrected chi connectivity index (χ0v) is 14.9. The van der Waals surface area contributed by atoms with Gasteiger partial charge in [0.05, 0.1) is 0 Å². The molecule has 2 N–H and O–H groups in total. The predicted octanol–water partition coefficient (Wildman–Crippen LogP) is 4.34. The minimum atomic E-state index is -0.455. The predicted molar refractivity (Wildman–Crippen MR) is 102 cm³/mol. The van der Waals surface area contributed by atoms with Crippen LogP contribution in [0.4, 0.5) is 15.8 Å². The molecule has 136 valence electrons. The molecule has 0 saturated heterocycles. The van der Waals surface area contributed by atoms with E-state index in [9.17, 15) is 14.0 Å². The molecule has 6 heteroatoms. The number of carbonyl (C=O) groups is 2. The maximum absolute atomic E-state index is 13.2. The molecule has 1 aromatic heterocycles. The summed E-state index contributed by atoms with van der Waals surface area (Å²) in [6.07, 6.45) is 1.38. The lowest BCUT2D eigenvalue weighted by atomic mass is 10.1. The second-order valence-corrected chi connectivity index (χ2v) is 6.15. The highest BCUT2D eigenvalue weighted by Gasteiger charge is 2.13. The molecule has 2 amide bonds. The Hall–Kier alpha value is -3.54. The number of hydrogen-bond donors (Lipinski definition) is 2. The van der Waals surface area contributed by atoms with Crippen molar-refractivity contribution in [2.45, 2.75) is 13.8 Å². The van der Waals surface area contributed by atoms with Gasteiger partial charge in [0, 0.05) is 23.1 Å². The van der Waals surface area contributed by atoms with E-state index >= 15 is 0 Å². The number of benzene rings is 2. The topological polar surface area (TPSA) is 71.1 Å². The average Bonchev–Trinajstić information content (AvgIpc) is 2.65. The quantitative estimate of drug-likeness (QED) is 0.724. The number of aromatic nitrogens is 1. The van der Waals surface area contributed by atoms with Crippen LogP contribution in [-0.2, 0) is 0 Å². The fourth-order valence-corrected chi connectivity index (χ4v) is 2.48. The molecule has 0 fully saturated rings. The average molecular weight is 363 g/mol. The number of nitrogens with one attached hydrogen (secondary N) is 2. The normalized spacial score (nSPS) is 10.3. The first-order valence-electron chi connectivity index (χ1n) is 8.34. The van der Waals surface area contributed by atoms with E-state index in [-0.39, 0.29) is 11.3 Å². The number of aryl methyl sites for hydroxylation is 2. The molecular formula is C21H18FN3O2. The van der Waals surface area contributed by atoms with E-state index in [1.165, 1.54) is 36.5 Å². The van der Waals surface area contributed by atoms with Crippen molar-refractivity contribution >= 4 is 23.2 Å². The molecule has 27 heavy (non-hydrogen) atoms. The number of carbonyl (C=O) groups excluding carboxylic acids is 2. The number of anilines is 2. The summed E-state index contributed by atoms with van der Waals surface area (Å²) in [6.45, 7) is 3.95. The number of nitrogens with zero attached hydrogens (tertiary/aromatic N) is 1. The molecule has 3 aromatic rings. The molecular weight excluding hydrogens is 345 g/mol. The Morgan fingerprint density at radius 2 is 1.59 bits per heavy atom. The van der Waals surface area contributed by atoms with E-state index in [0.29, 0.717) is 11.4 Å². The molecule has 0 spiro atoms. The first kappa shape index (κ1) is 18.3.